The zero-order valence-corrected chi connectivity index (χ0v) is 15.6. The maximum Gasteiger partial charge on any atom is 0.273 e. The van der Waals surface area contributed by atoms with Crippen molar-refractivity contribution in [3.63, 3.8) is 0 Å². The molecule has 0 bridgehead atoms. The van der Waals surface area contributed by atoms with Crippen molar-refractivity contribution in [1.29, 1.82) is 0 Å². The van der Waals surface area contributed by atoms with Crippen LogP contribution in [0, 0.1) is 0 Å². The maximum absolute atomic E-state index is 9.09. The van der Waals surface area contributed by atoms with E-state index in [0.717, 1.165) is 18.6 Å². The van der Waals surface area contributed by atoms with E-state index in [9.17, 15) is 0 Å². The molecule has 102 valence electrons. The second-order valence-electron chi connectivity index (χ2n) is 3.47. The molecule has 1 aromatic rings. The third kappa shape index (κ3) is 12.1. The smallest absolute Gasteiger partial charge is 0.273 e. The predicted octanol–water partition coefficient (Wildman–Crippen LogP) is 2.64. The quantitative estimate of drug-likeness (QED) is 0.442. The van der Waals surface area contributed by atoms with Crippen molar-refractivity contribution in [3.8, 4) is 5.75 Å². The molecule has 0 saturated heterocycles. The van der Waals surface area contributed by atoms with Gasteiger partial charge in [-0.2, -0.15) is 0 Å². The van der Waals surface area contributed by atoms with Crippen molar-refractivity contribution in [1.82, 2.24) is 0 Å². The van der Waals surface area contributed by atoms with Crippen LogP contribution in [0.3, 0.4) is 0 Å². The van der Waals surface area contributed by atoms with E-state index in [1.54, 1.807) is 0 Å². The van der Waals surface area contributed by atoms with Crippen molar-refractivity contribution >= 4 is 35.3 Å². The summed E-state index contributed by atoms with van der Waals surface area (Å²) in [7, 11) is 0. The van der Waals surface area contributed by atoms with Gasteiger partial charge in [-0.15, -0.1) is 0 Å². The zero-order chi connectivity index (χ0) is 14.0. The topological polar surface area (TPSA) is 78.3 Å². The van der Waals surface area contributed by atoms with Crippen LogP contribution < -0.4 is 16.2 Å². The number of benzene rings is 1. The number of ether oxygens (including phenoxy) is 1. The molecule has 0 fully saturated rings. The molecule has 0 spiro atoms. The molecule has 7 heteroatoms. The summed E-state index contributed by atoms with van der Waals surface area (Å²) in [5.41, 5.74) is 10.8. The van der Waals surface area contributed by atoms with Gasteiger partial charge in [-0.05, 0) is 36.7 Å². The Morgan fingerprint density at radius 3 is 2.37 bits per heavy atom. The van der Waals surface area contributed by atoms with Crippen molar-refractivity contribution < 1.29 is 29.0 Å². The summed E-state index contributed by atoms with van der Waals surface area (Å²) in [6.45, 7) is 2.16. The summed E-state index contributed by atoms with van der Waals surface area (Å²) in [5.74, 6) is 0.786. The van der Waals surface area contributed by atoms with Gasteiger partial charge in [-0.25, -0.2) is 0 Å². The number of hydrogen-bond acceptors (Lipinski definition) is 3. The van der Waals surface area contributed by atoms with Gasteiger partial charge in [0.25, 0.3) is 10.4 Å². The summed E-state index contributed by atoms with van der Waals surface area (Å²) in [5, 5.41) is -0.561. The van der Waals surface area contributed by atoms with E-state index in [1.807, 2.05) is 24.3 Å². The third-order valence-corrected chi connectivity index (χ3v) is 2.07. The molecule has 0 aliphatic rings. The molecule has 0 unspecified atom stereocenters. The fourth-order valence-corrected chi connectivity index (χ4v) is 1.38. The average molecular weight is 352 g/mol. The number of amides is 1. The van der Waals surface area contributed by atoms with Crippen LogP contribution >= 0.6 is 24.8 Å². The molecule has 1 aromatic carbocycles. The molecule has 0 heterocycles. The van der Waals surface area contributed by atoms with E-state index >= 15 is 0 Å². The van der Waals surface area contributed by atoms with Crippen LogP contribution in [0.5, 0.6) is 5.75 Å². The van der Waals surface area contributed by atoms with Gasteiger partial charge in [0, 0.05) is 19.5 Å². The molecule has 1 amide bonds. The van der Waals surface area contributed by atoms with E-state index < -0.39 is 5.24 Å². The minimum atomic E-state index is -0.639. The fourth-order valence-electron chi connectivity index (χ4n) is 1.29. The first-order valence-corrected chi connectivity index (χ1v) is 6.36. The third-order valence-electron chi connectivity index (χ3n) is 1.98. The van der Waals surface area contributed by atoms with Gasteiger partial charge in [0.2, 0.25) is 0 Å². The van der Waals surface area contributed by atoms with Gasteiger partial charge >= 0.3 is 0 Å². The molecule has 0 radical (unpaired) electrons. The molecule has 4 nitrogen and oxygen atoms in total. The first-order valence-electron chi connectivity index (χ1n) is 5.51. The number of rotatable bonds is 4. The Morgan fingerprint density at radius 1 is 1.37 bits per heavy atom. The number of carbonyl (C=O) groups is 1. The average Bonchev–Trinajstić information content (AvgIpc) is 2.26. The van der Waals surface area contributed by atoms with Gasteiger partial charge in [-0.1, -0.05) is 44.2 Å². The zero-order valence-electron chi connectivity index (χ0n) is 11.0. The minimum absolute atomic E-state index is 0. The number of primary amides is 1. The van der Waals surface area contributed by atoms with E-state index in [2.05, 4.69) is 25.3 Å². The number of aryl methyl sites for hydroxylation is 1. The van der Waals surface area contributed by atoms with E-state index in [0.29, 0.717) is 0 Å². The van der Waals surface area contributed by atoms with Crippen LogP contribution in [0.2, 0.25) is 0 Å². The first-order chi connectivity index (χ1) is 8.47. The van der Waals surface area contributed by atoms with Gasteiger partial charge in [-0.3, -0.25) is 4.79 Å². The summed E-state index contributed by atoms with van der Waals surface area (Å²) in [6.07, 6.45) is 3.33. The first kappa shape index (κ1) is 20.7. The van der Waals surface area contributed by atoms with Crippen LogP contribution in [-0.4, -0.2) is 10.4 Å². The van der Waals surface area contributed by atoms with E-state index in [4.69, 9.17) is 27.5 Å². The Bertz CT molecular complexity index is 399. The second kappa shape index (κ2) is 12.4. The largest absolute Gasteiger partial charge is 0.432 e. The van der Waals surface area contributed by atoms with Gasteiger partial charge in [0.1, 0.15) is 5.75 Å². The van der Waals surface area contributed by atoms with Crippen LogP contribution in [0.25, 0.3) is 0 Å². The molecule has 0 aliphatic heterocycles. The maximum atomic E-state index is 9.09. The SMILES string of the molecule is CCCCc1ccccc1OC(N)=S.NC(=O)S.[Zn]. The molecular formula is C12H18N2O2S2Zn. The van der Waals surface area contributed by atoms with Crippen LogP contribution in [-0.2, 0) is 25.9 Å². The summed E-state index contributed by atoms with van der Waals surface area (Å²) in [6, 6.07) is 7.86. The molecule has 1 rings (SSSR count). The number of thiol groups is 1. The van der Waals surface area contributed by atoms with Gasteiger partial charge in [0.15, 0.2) is 0 Å². The number of nitrogens with two attached hydrogens (primary N) is 2. The molecule has 0 aliphatic carbocycles. The number of hydrogen-bond donors (Lipinski definition) is 3. The number of thiocarbonyl (C=S) groups is 1. The molecule has 0 saturated carbocycles. The van der Waals surface area contributed by atoms with E-state index in [1.165, 1.54) is 12.0 Å². The monoisotopic (exact) mass is 350 g/mol. The van der Waals surface area contributed by atoms with Crippen molar-refractivity contribution in [2.45, 2.75) is 26.2 Å². The Balaban J connectivity index is 0. The fraction of sp³-hybridized carbons (Fsp3) is 0.333. The minimum Gasteiger partial charge on any atom is -0.432 e. The van der Waals surface area contributed by atoms with Crippen molar-refractivity contribution in [2.24, 2.45) is 11.5 Å². The molecular weight excluding hydrogens is 334 g/mol. The molecule has 19 heavy (non-hydrogen) atoms. The van der Waals surface area contributed by atoms with Crippen LogP contribution in [0.1, 0.15) is 25.3 Å². The normalized spacial score (nSPS) is 8.53. The van der Waals surface area contributed by atoms with E-state index in [-0.39, 0.29) is 24.7 Å². The number of para-hydroxylation sites is 1. The van der Waals surface area contributed by atoms with Crippen LogP contribution in [0.15, 0.2) is 24.3 Å². The molecule has 4 N–H and O–H groups in total. The second-order valence-corrected chi connectivity index (χ2v) is 4.31. The summed E-state index contributed by atoms with van der Waals surface area (Å²) < 4.78 is 5.25. The Labute approximate surface area is 137 Å². The molecule has 0 aromatic heterocycles. The van der Waals surface area contributed by atoms with Gasteiger partial charge < -0.3 is 16.2 Å². The van der Waals surface area contributed by atoms with Crippen LogP contribution in [0.4, 0.5) is 4.79 Å². The number of carbonyl (C=O) groups excluding carboxylic acids is 1. The summed E-state index contributed by atoms with van der Waals surface area (Å²) >= 11 is 7.81. The Kier molecular flexibility index (Phi) is 13.5. The van der Waals surface area contributed by atoms with Gasteiger partial charge in [0.05, 0.1) is 0 Å². The standard InChI is InChI=1S/C11H15NOS.CH3NOS.Zn/c1-2-3-6-9-7-4-5-8-10(9)13-11(12)14;2-1(3)4;/h4-5,7-8H,2-3,6H2,1H3,(H2,12,14);(H3,2,3,4);. The Morgan fingerprint density at radius 2 is 1.89 bits per heavy atom. The van der Waals surface area contributed by atoms with Crippen molar-refractivity contribution in [3.05, 3.63) is 29.8 Å². The molecule has 0 atom stereocenters. The number of unbranched alkanes of at least 4 members (excludes halogenated alkanes) is 1. The van der Waals surface area contributed by atoms with Crippen molar-refractivity contribution in [2.75, 3.05) is 0 Å². The summed E-state index contributed by atoms with van der Waals surface area (Å²) in [4.78, 5) is 9.09. The Hall–Kier alpha value is -0.647. The predicted molar refractivity (Wildman–Crippen MR) is 81.0 cm³/mol.